The summed E-state index contributed by atoms with van der Waals surface area (Å²) in [5, 5.41) is 17.3. The number of fused-ring (bicyclic) bond motifs is 1. The predicted molar refractivity (Wildman–Crippen MR) is 53.7 cm³/mol. The Kier molecular flexibility index (Phi) is 1.66. The van der Waals surface area contributed by atoms with Gasteiger partial charge in [-0.15, -0.1) is 10.2 Å². The van der Waals surface area contributed by atoms with Crippen LogP contribution in [0, 0.1) is 6.92 Å². The maximum Gasteiger partial charge on any atom is 0.203 e. The zero-order chi connectivity index (χ0) is 10.4. The molecule has 15 heavy (non-hydrogen) atoms. The highest BCUT2D eigenvalue weighted by Gasteiger charge is 2.27. The van der Waals surface area contributed by atoms with Crippen molar-refractivity contribution in [1.29, 1.82) is 0 Å². The molecule has 2 aromatic rings. The fourth-order valence-corrected chi connectivity index (χ4v) is 1.78. The van der Waals surface area contributed by atoms with Crippen LogP contribution in [-0.4, -0.2) is 43.9 Å². The molecule has 0 amide bonds. The Balaban J connectivity index is 2.10. The van der Waals surface area contributed by atoms with Gasteiger partial charge in [0.05, 0.1) is 6.10 Å². The van der Waals surface area contributed by atoms with E-state index < -0.39 is 0 Å². The van der Waals surface area contributed by atoms with Gasteiger partial charge >= 0.3 is 0 Å². The number of rotatable bonds is 1. The van der Waals surface area contributed by atoms with Crippen LogP contribution in [0.2, 0.25) is 0 Å². The second-order valence-electron chi connectivity index (χ2n) is 3.75. The van der Waals surface area contributed by atoms with Crippen LogP contribution in [0.25, 0.3) is 5.65 Å². The Hall–Kier alpha value is -1.69. The Bertz CT molecular complexity index is 502. The first-order chi connectivity index (χ1) is 7.25. The van der Waals surface area contributed by atoms with Crippen molar-refractivity contribution < 1.29 is 5.11 Å². The maximum absolute atomic E-state index is 9.24. The molecule has 0 atom stereocenters. The summed E-state index contributed by atoms with van der Waals surface area (Å²) in [6, 6.07) is 0. The lowest BCUT2D eigenvalue weighted by Gasteiger charge is -2.36. The number of nitrogens with zero attached hydrogens (tertiary/aromatic N) is 5. The molecule has 3 rings (SSSR count). The molecular formula is C9H11N5O. The van der Waals surface area contributed by atoms with Crippen LogP contribution in [0.5, 0.6) is 0 Å². The smallest absolute Gasteiger partial charge is 0.203 e. The van der Waals surface area contributed by atoms with Crippen molar-refractivity contribution in [2.45, 2.75) is 13.0 Å². The van der Waals surface area contributed by atoms with Crippen LogP contribution in [0.1, 0.15) is 5.82 Å². The van der Waals surface area contributed by atoms with Crippen LogP contribution < -0.4 is 4.90 Å². The second kappa shape index (κ2) is 2.90. The minimum Gasteiger partial charge on any atom is -0.389 e. The third-order valence-corrected chi connectivity index (χ3v) is 2.64. The molecule has 0 saturated carbocycles. The summed E-state index contributed by atoms with van der Waals surface area (Å²) < 4.78 is 1.90. The predicted octanol–water partition coefficient (Wildman–Crippen LogP) is -0.386. The summed E-state index contributed by atoms with van der Waals surface area (Å²) >= 11 is 0. The van der Waals surface area contributed by atoms with Gasteiger partial charge in [-0.1, -0.05) is 0 Å². The highest BCUT2D eigenvalue weighted by molar-refractivity contribution is 5.65. The van der Waals surface area contributed by atoms with Crippen LogP contribution in [-0.2, 0) is 0 Å². The summed E-state index contributed by atoms with van der Waals surface area (Å²) in [5.74, 6) is 1.64. The molecule has 0 radical (unpaired) electrons. The average molecular weight is 205 g/mol. The van der Waals surface area contributed by atoms with Crippen molar-refractivity contribution in [2.24, 2.45) is 0 Å². The van der Waals surface area contributed by atoms with Crippen LogP contribution >= 0.6 is 0 Å². The Morgan fingerprint density at radius 3 is 2.93 bits per heavy atom. The number of aromatic nitrogens is 4. The van der Waals surface area contributed by atoms with Gasteiger partial charge in [0.2, 0.25) is 5.65 Å². The molecule has 0 aliphatic carbocycles. The van der Waals surface area contributed by atoms with E-state index >= 15 is 0 Å². The molecule has 6 heteroatoms. The van der Waals surface area contributed by atoms with Crippen molar-refractivity contribution in [3.63, 3.8) is 0 Å². The number of hydrogen-bond donors (Lipinski definition) is 1. The molecule has 78 valence electrons. The van der Waals surface area contributed by atoms with E-state index in [-0.39, 0.29) is 6.10 Å². The molecule has 1 fully saturated rings. The Labute approximate surface area is 86.2 Å². The number of anilines is 1. The molecule has 6 nitrogen and oxygen atoms in total. The lowest BCUT2D eigenvalue weighted by atomic mass is 10.2. The van der Waals surface area contributed by atoms with Gasteiger partial charge in [0.1, 0.15) is 5.82 Å². The van der Waals surface area contributed by atoms with Crippen molar-refractivity contribution in [3.05, 3.63) is 18.2 Å². The Morgan fingerprint density at radius 2 is 2.20 bits per heavy atom. The molecule has 1 aliphatic rings. The standard InChI is InChI=1S/C9H11N5O/c1-6-11-12-9-8(10-2-3-14(6)9)13-4-7(15)5-13/h2-3,7,15H,4-5H2,1H3. The summed E-state index contributed by atoms with van der Waals surface area (Å²) in [4.78, 5) is 6.26. The molecule has 0 spiro atoms. The van der Waals surface area contributed by atoms with Gasteiger partial charge in [-0.05, 0) is 6.92 Å². The zero-order valence-electron chi connectivity index (χ0n) is 8.33. The molecule has 0 aromatic carbocycles. The van der Waals surface area contributed by atoms with Gasteiger partial charge in [0.15, 0.2) is 5.82 Å². The lowest BCUT2D eigenvalue weighted by molar-refractivity contribution is 0.141. The van der Waals surface area contributed by atoms with E-state index in [9.17, 15) is 5.11 Å². The van der Waals surface area contributed by atoms with Gasteiger partial charge < -0.3 is 10.0 Å². The summed E-state index contributed by atoms with van der Waals surface area (Å²) in [7, 11) is 0. The van der Waals surface area contributed by atoms with Gasteiger partial charge in [0.25, 0.3) is 0 Å². The lowest BCUT2D eigenvalue weighted by Crippen LogP contribution is -2.51. The van der Waals surface area contributed by atoms with Crippen LogP contribution in [0.15, 0.2) is 12.4 Å². The first-order valence-electron chi connectivity index (χ1n) is 4.85. The first-order valence-corrected chi connectivity index (χ1v) is 4.85. The summed E-state index contributed by atoms with van der Waals surface area (Å²) in [6.45, 7) is 3.14. The van der Waals surface area contributed by atoms with Crippen molar-refractivity contribution in [1.82, 2.24) is 19.6 Å². The van der Waals surface area contributed by atoms with Gasteiger partial charge in [0, 0.05) is 25.5 Å². The highest BCUT2D eigenvalue weighted by atomic mass is 16.3. The molecule has 0 unspecified atom stereocenters. The minimum atomic E-state index is -0.240. The van der Waals surface area contributed by atoms with E-state index in [1.54, 1.807) is 6.20 Å². The topological polar surface area (TPSA) is 66.5 Å². The molecule has 0 bridgehead atoms. The van der Waals surface area contributed by atoms with Crippen molar-refractivity contribution in [3.8, 4) is 0 Å². The van der Waals surface area contributed by atoms with Gasteiger partial charge in [-0.3, -0.25) is 4.40 Å². The monoisotopic (exact) mass is 205 g/mol. The normalized spacial score (nSPS) is 17.1. The molecule has 1 saturated heterocycles. The molecule has 1 aliphatic heterocycles. The fraction of sp³-hybridized carbons (Fsp3) is 0.444. The van der Waals surface area contributed by atoms with E-state index in [0.29, 0.717) is 13.1 Å². The van der Waals surface area contributed by atoms with E-state index in [2.05, 4.69) is 15.2 Å². The van der Waals surface area contributed by atoms with Crippen LogP contribution in [0.3, 0.4) is 0 Å². The quantitative estimate of drug-likeness (QED) is 0.687. The summed E-state index contributed by atoms with van der Waals surface area (Å²) in [5.41, 5.74) is 0.752. The van der Waals surface area contributed by atoms with Gasteiger partial charge in [-0.25, -0.2) is 4.98 Å². The number of aliphatic hydroxyl groups is 1. The minimum absolute atomic E-state index is 0.240. The van der Waals surface area contributed by atoms with Crippen LogP contribution in [0.4, 0.5) is 5.82 Å². The van der Waals surface area contributed by atoms with Crippen molar-refractivity contribution >= 4 is 11.5 Å². The van der Waals surface area contributed by atoms with Crippen molar-refractivity contribution in [2.75, 3.05) is 18.0 Å². The number of aryl methyl sites for hydroxylation is 1. The summed E-state index contributed by atoms with van der Waals surface area (Å²) in [6.07, 6.45) is 3.32. The number of aliphatic hydroxyl groups excluding tert-OH is 1. The number of hydrogen-bond acceptors (Lipinski definition) is 5. The molecule has 1 N–H and O–H groups in total. The SMILES string of the molecule is Cc1nnc2c(N3CC(O)C3)nccn12. The van der Waals surface area contributed by atoms with E-state index in [4.69, 9.17) is 0 Å². The third kappa shape index (κ3) is 1.18. The first kappa shape index (κ1) is 8.60. The Morgan fingerprint density at radius 1 is 1.40 bits per heavy atom. The van der Waals surface area contributed by atoms with E-state index in [1.807, 2.05) is 22.4 Å². The van der Waals surface area contributed by atoms with E-state index in [0.717, 1.165) is 17.3 Å². The largest absolute Gasteiger partial charge is 0.389 e. The highest BCUT2D eigenvalue weighted by Crippen LogP contribution is 2.22. The van der Waals surface area contributed by atoms with E-state index in [1.165, 1.54) is 0 Å². The number of β-amino-alcohol motifs (C(OH)–C–C–N with tert-alkyl or cyclic N) is 1. The average Bonchev–Trinajstić information content (AvgIpc) is 2.56. The molecular weight excluding hydrogens is 194 g/mol. The third-order valence-electron chi connectivity index (χ3n) is 2.64. The second-order valence-corrected chi connectivity index (χ2v) is 3.75. The molecule has 2 aromatic heterocycles. The van der Waals surface area contributed by atoms with Gasteiger partial charge in [-0.2, -0.15) is 0 Å². The maximum atomic E-state index is 9.24. The fourth-order valence-electron chi connectivity index (χ4n) is 1.78. The molecule has 3 heterocycles. The zero-order valence-corrected chi connectivity index (χ0v) is 8.33.